The number of aromatic nitrogens is 2. The molecule has 0 saturated heterocycles. The quantitative estimate of drug-likeness (QED) is 0.755. The minimum absolute atomic E-state index is 0.116. The summed E-state index contributed by atoms with van der Waals surface area (Å²) in [6.07, 6.45) is 0.272. The predicted octanol–water partition coefficient (Wildman–Crippen LogP) is 1.23. The molecule has 0 spiro atoms. The van der Waals surface area contributed by atoms with Crippen molar-refractivity contribution in [2.45, 2.75) is 59.1 Å². The van der Waals surface area contributed by atoms with Crippen LogP contribution in [0.3, 0.4) is 0 Å². The number of carbonyl (C=O) groups is 1. The third-order valence-electron chi connectivity index (χ3n) is 3.60. The third kappa shape index (κ3) is 3.10. The Labute approximate surface area is 108 Å². The first-order valence-corrected chi connectivity index (χ1v) is 6.08. The second kappa shape index (κ2) is 4.72. The lowest BCUT2D eigenvalue weighted by Gasteiger charge is -2.38. The van der Waals surface area contributed by atoms with E-state index < -0.39 is 11.1 Å². The Bertz CT molecular complexity index is 422. The molecule has 0 aromatic carbocycles. The second-order valence-corrected chi connectivity index (χ2v) is 5.82. The molecule has 5 heteroatoms. The normalized spacial score (nSPS) is 12.6. The van der Waals surface area contributed by atoms with Gasteiger partial charge in [0.25, 0.3) is 0 Å². The fraction of sp³-hybridized carbons (Fsp3) is 0.692. The average molecular weight is 253 g/mol. The van der Waals surface area contributed by atoms with Gasteiger partial charge >= 0.3 is 0 Å². The Morgan fingerprint density at radius 2 is 1.89 bits per heavy atom. The number of nitrogens with one attached hydrogen (secondary N) is 2. The van der Waals surface area contributed by atoms with Crippen LogP contribution in [0.1, 0.15) is 44.6 Å². The molecule has 1 aromatic heterocycles. The molecule has 0 atom stereocenters. The molecule has 0 aliphatic rings. The van der Waals surface area contributed by atoms with E-state index in [1.807, 2.05) is 13.8 Å². The number of H-pyrrole nitrogens is 1. The smallest absolute Gasteiger partial charge is 0.225 e. The number of amides is 1. The van der Waals surface area contributed by atoms with Crippen molar-refractivity contribution in [2.24, 2.45) is 0 Å². The van der Waals surface area contributed by atoms with E-state index in [-0.39, 0.29) is 12.3 Å². The van der Waals surface area contributed by atoms with Crippen LogP contribution < -0.4 is 5.32 Å². The summed E-state index contributed by atoms with van der Waals surface area (Å²) in [4.78, 5) is 12.0. The summed E-state index contributed by atoms with van der Waals surface area (Å²) in [6.45, 7) is 10.7. The molecule has 0 radical (unpaired) electrons. The zero-order valence-corrected chi connectivity index (χ0v) is 12.0. The fourth-order valence-corrected chi connectivity index (χ4v) is 1.54. The first kappa shape index (κ1) is 14.7. The molecule has 1 aromatic rings. The molecule has 0 fully saturated rings. The zero-order chi connectivity index (χ0) is 14.1. The largest absolute Gasteiger partial charge is 0.388 e. The molecule has 0 bridgehead atoms. The lowest BCUT2D eigenvalue weighted by Crippen LogP contribution is -2.58. The van der Waals surface area contributed by atoms with Gasteiger partial charge in [0.2, 0.25) is 5.91 Å². The number of aliphatic hydroxyl groups is 1. The Kier molecular flexibility index (Phi) is 3.86. The maximum atomic E-state index is 12.0. The molecule has 5 nitrogen and oxygen atoms in total. The van der Waals surface area contributed by atoms with E-state index in [1.165, 1.54) is 0 Å². The summed E-state index contributed by atoms with van der Waals surface area (Å²) in [6, 6.07) is 0. The highest BCUT2D eigenvalue weighted by molar-refractivity contribution is 5.80. The number of carbonyl (C=O) groups excluding carboxylic acids is 1. The summed E-state index contributed by atoms with van der Waals surface area (Å²) in [5.41, 5.74) is 0.991. The van der Waals surface area contributed by atoms with Crippen LogP contribution >= 0.6 is 0 Å². The van der Waals surface area contributed by atoms with E-state index in [1.54, 1.807) is 27.7 Å². The molecule has 1 amide bonds. The van der Waals surface area contributed by atoms with Crippen LogP contribution in [0.25, 0.3) is 0 Å². The van der Waals surface area contributed by atoms with E-state index in [0.29, 0.717) is 0 Å². The van der Waals surface area contributed by atoms with Crippen molar-refractivity contribution in [1.29, 1.82) is 0 Å². The van der Waals surface area contributed by atoms with Crippen molar-refractivity contribution in [1.82, 2.24) is 15.5 Å². The average Bonchev–Trinajstić information content (AvgIpc) is 2.46. The van der Waals surface area contributed by atoms with Crippen LogP contribution in [0.15, 0.2) is 0 Å². The summed E-state index contributed by atoms with van der Waals surface area (Å²) in [7, 11) is 0. The third-order valence-corrected chi connectivity index (χ3v) is 3.60. The highest BCUT2D eigenvalue weighted by Crippen LogP contribution is 2.21. The van der Waals surface area contributed by atoms with Gasteiger partial charge in [-0.15, -0.1) is 0 Å². The van der Waals surface area contributed by atoms with Crippen LogP contribution in [0, 0.1) is 13.8 Å². The van der Waals surface area contributed by atoms with Crippen molar-refractivity contribution < 1.29 is 9.90 Å². The van der Waals surface area contributed by atoms with Gasteiger partial charge in [-0.1, -0.05) is 0 Å². The Balaban J connectivity index is 2.74. The second-order valence-electron chi connectivity index (χ2n) is 5.82. The standard InChI is InChI=1S/C13H23N3O2/c1-8-10(9(2)16-15-8)7-11(17)14-12(3,4)13(5,6)18/h18H,7H2,1-6H3,(H,14,17)(H,15,16). The van der Waals surface area contributed by atoms with Crippen molar-refractivity contribution in [2.75, 3.05) is 0 Å². The van der Waals surface area contributed by atoms with Gasteiger partial charge in [0.15, 0.2) is 0 Å². The minimum atomic E-state index is -0.983. The Morgan fingerprint density at radius 1 is 1.33 bits per heavy atom. The molecular formula is C13H23N3O2. The van der Waals surface area contributed by atoms with E-state index in [0.717, 1.165) is 17.0 Å². The van der Waals surface area contributed by atoms with Gasteiger partial charge in [0.05, 0.1) is 23.3 Å². The number of aromatic amines is 1. The SMILES string of the molecule is Cc1n[nH]c(C)c1CC(=O)NC(C)(C)C(C)(C)O. The first-order chi connectivity index (χ1) is 8.04. The van der Waals surface area contributed by atoms with Crippen LogP contribution in [-0.4, -0.2) is 32.4 Å². The Morgan fingerprint density at radius 3 is 2.28 bits per heavy atom. The summed E-state index contributed by atoms with van der Waals surface area (Å²) in [5, 5.41) is 19.8. The topological polar surface area (TPSA) is 78.0 Å². The molecule has 3 N–H and O–H groups in total. The van der Waals surface area contributed by atoms with Crippen molar-refractivity contribution in [3.63, 3.8) is 0 Å². The van der Waals surface area contributed by atoms with Gasteiger partial charge in [0, 0.05) is 11.3 Å². The van der Waals surface area contributed by atoms with Gasteiger partial charge in [-0.25, -0.2) is 0 Å². The molecule has 0 aliphatic carbocycles. The minimum Gasteiger partial charge on any atom is -0.388 e. The van der Waals surface area contributed by atoms with Crippen molar-refractivity contribution in [3.05, 3.63) is 17.0 Å². The van der Waals surface area contributed by atoms with Gasteiger partial charge in [-0.2, -0.15) is 5.10 Å². The molecular weight excluding hydrogens is 230 g/mol. The van der Waals surface area contributed by atoms with Crippen molar-refractivity contribution in [3.8, 4) is 0 Å². The number of hydrogen-bond donors (Lipinski definition) is 3. The fourth-order valence-electron chi connectivity index (χ4n) is 1.54. The molecule has 0 saturated carbocycles. The van der Waals surface area contributed by atoms with E-state index >= 15 is 0 Å². The highest BCUT2D eigenvalue weighted by Gasteiger charge is 2.36. The number of rotatable bonds is 4. The number of hydrogen-bond acceptors (Lipinski definition) is 3. The monoisotopic (exact) mass is 253 g/mol. The van der Waals surface area contributed by atoms with Gasteiger partial charge in [-0.3, -0.25) is 9.89 Å². The van der Waals surface area contributed by atoms with Gasteiger partial charge < -0.3 is 10.4 Å². The highest BCUT2D eigenvalue weighted by atomic mass is 16.3. The molecule has 1 heterocycles. The lowest BCUT2D eigenvalue weighted by atomic mass is 9.86. The predicted molar refractivity (Wildman–Crippen MR) is 70.3 cm³/mol. The lowest BCUT2D eigenvalue weighted by molar-refractivity contribution is -0.125. The van der Waals surface area contributed by atoms with E-state index in [2.05, 4.69) is 15.5 Å². The van der Waals surface area contributed by atoms with Crippen LogP contribution in [0.2, 0.25) is 0 Å². The maximum Gasteiger partial charge on any atom is 0.225 e. The Hall–Kier alpha value is -1.36. The number of nitrogens with zero attached hydrogens (tertiary/aromatic N) is 1. The van der Waals surface area contributed by atoms with Gasteiger partial charge in [-0.05, 0) is 41.5 Å². The van der Waals surface area contributed by atoms with Crippen molar-refractivity contribution >= 4 is 5.91 Å². The first-order valence-electron chi connectivity index (χ1n) is 6.08. The van der Waals surface area contributed by atoms with Gasteiger partial charge in [0.1, 0.15) is 0 Å². The molecule has 0 unspecified atom stereocenters. The van der Waals surface area contributed by atoms with Crippen LogP contribution in [0.5, 0.6) is 0 Å². The summed E-state index contributed by atoms with van der Waals surface area (Å²) >= 11 is 0. The molecule has 18 heavy (non-hydrogen) atoms. The van der Waals surface area contributed by atoms with E-state index in [4.69, 9.17) is 0 Å². The zero-order valence-electron chi connectivity index (χ0n) is 12.0. The number of aryl methyl sites for hydroxylation is 2. The molecule has 0 aliphatic heterocycles. The summed E-state index contributed by atoms with van der Waals surface area (Å²) in [5.74, 6) is -0.116. The summed E-state index contributed by atoms with van der Waals surface area (Å²) < 4.78 is 0. The van der Waals surface area contributed by atoms with Crippen LogP contribution in [-0.2, 0) is 11.2 Å². The molecule has 102 valence electrons. The van der Waals surface area contributed by atoms with E-state index in [9.17, 15) is 9.90 Å². The van der Waals surface area contributed by atoms with Crippen LogP contribution in [0.4, 0.5) is 0 Å². The maximum absolute atomic E-state index is 12.0. The molecule has 1 rings (SSSR count).